The summed E-state index contributed by atoms with van der Waals surface area (Å²) >= 11 is 0. The number of nitrogens with one attached hydrogen (secondary N) is 4. The lowest BCUT2D eigenvalue weighted by molar-refractivity contribution is -0.139. The third-order valence-electron chi connectivity index (χ3n) is 9.15. The lowest BCUT2D eigenvalue weighted by atomic mass is 10.0. The fourth-order valence-electron chi connectivity index (χ4n) is 6.05. The lowest BCUT2D eigenvalue weighted by Gasteiger charge is -2.36. The molecule has 0 bridgehead atoms. The summed E-state index contributed by atoms with van der Waals surface area (Å²) in [5.41, 5.74) is 0.763. The van der Waals surface area contributed by atoms with Gasteiger partial charge in [0.25, 0.3) is 0 Å². The second kappa shape index (κ2) is 18.4. The number of piperazine rings is 1. The van der Waals surface area contributed by atoms with Gasteiger partial charge in [0.1, 0.15) is 23.9 Å². The van der Waals surface area contributed by atoms with Crippen LogP contribution in [0.15, 0.2) is 42.7 Å². The van der Waals surface area contributed by atoms with E-state index in [1.807, 2.05) is 32.6 Å². The maximum atomic E-state index is 13.9. The molecule has 5 amide bonds. The van der Waals surface area contributed by atoms with Crippen molar-refractivity contribution >= 4 is 35.5 Å². The van der Waals surface area contributed by atoms with E-state index in [1.165, 1.54) is 4.90 Å². The number of rotatable bonds is 9. The molecule has 4 atom stereocenters. The van der Waals surface area contributed by atoms with E-state index < -0.39 is 47.8 Å². The van der Waals surface area contributed by atoms with E-state index in [-0.39, 0.29) is 43.8 Å². The topological polar surface area (TPSA) is 178 Å². The number of ether oxygens (including phenoxy) is 1. The first kappa shape index (κ1) is 39.0. The Hall–Kier alpha value is -4.79. The van der Waals surface area contributed by atoms with Crippen LogP contribution in [0, 0.1) is 11.8 Å². The van der Waals surface area contributed by atoms with Gasteiger partial charge in [-0.1, -0.05) is 39.8 Å². The SMILES string of the molecule is COc1ccc(C[C@@H]2NC(=O)[C@H](CC(C)C)NC(=O)CN(C(=O)CN3CCN(c4ncccn4)CC3)C[C@H](C(C)C)NC(=O)[C@@H](C)NC2=O)cc1. The van der Waals surface area contributed by atoms with Gasteiger partial charge in [0.05, 0.1) is 20.2 Å². The van der Waals surface area contributed by atoms with Crippen molar-refractivity contribution in [1.82, 2.24) is 41.0 Å². The van der Waals surface area contributed by atoms with Crippen LogP contribution in [0.3, 0.4) is 0 Å². The first-order valence-corrected chi connectivity index (χ1v) is 17.7. The predicted octanol–water partition coefficient (Wildman–Crippen LogP) is 0.353. The molecule has 2 fully saturated rings. The number of amides is 5. The number of anilines is 1. The fourth-order valence-corrected chi connectivity index (χ4v) is 6.05. The molecule has 278 valence electrons. The van der Waals surface area contributed by atoms with Gasteiger partial charge in [0.2, 0.25) is 35.5 Å². The Balaban J connectivity index is 1.55. The Bertz CT molecular complexity index is 1480. The van der Waals surface area contributed by atoms with Crippen molar-refractivity contribution in [2.75, 3.05) is 57.8 Å². The minimum Gasteiger partial charge on any atom is -0.497 e. The minimum atomic E-state index is -1.04. The average Bonchev–Trinajstić information content (AvgIpc) is 3.10. The van der Waals surface area contributed by atoms with Crippen molar-refractivity contribution in [2.24, 2.45) is 11.8 Å². The highest BCUT2D eigenvalue weighted by Crippen LogP contribution is 2.15. The van der Waals surface area contributed by atoms with E-state index in [0.717, 1.165) is 5.56 Å². The fraction of sp³-hybridized carbons (Fsp3) is 0.583. The van der Waals surface area contributed by atoms with E-state index in [4.69, 9.17) is 4.74 Å². The predicted molar refractivity (Wildman–Crippen MR) is 192 cm³/mol. The number of carbonyl (C=O) groups is 5. The Kier molecular flexibility index (Phi) is 14.1. The molecule has 51 heavy (non-hydrogen) atoms. The maximum Gasteiger partial charge on any atom is 0.243 e. The van der Waals surface area contributed by atoms with E-state index in [0.29, 0.717) is 44.3 Å². The van der Waals surface area contributed by atoms with Gasteiger partial charge in [-0.15, -0.1) is 0 Å². The molecule has 0 radical (unpaired) electrons. The zero-order valence-electron chi connectivity index (χ0n) is 30.6. The highest BCUT2D eigenvalue weighted by atomic mass is 16.5. The molecule has 0 spiro atoms. The van der Waals surface area contributed by atoms with E-state index in [9.17, 15) is 24.0 Å². The molecule has 15 heteroatoms. The molecule has 0 unspecified atom stereocenters. The van der Waals surface area contributed by atoms with Crippen molar-refractivity contribution in [3.63, 3.8) is 0 Å². The maximum absolute atomic E-state index is 13.9. The molecule has 4 rings (SSSR count). The first-order valence-electron chi connectivity index (χ1n) is 17.7. The highest BCUT2D eigenvalue weighted by Gasteiger charge is 2.33. The lowest BCUT2D eigenvalue weighted by Crippen LogP contribution is -2.57. The number of hydrogen-bond acceptors (Lipinski definition) is 10. The molecular weight excluding hydrogens is 654 g/mol. The van der Waals surface area contributed by atoms with Crippen LogP contribution in [-0.2, 0) is 30.4 Å². The first-order chi connectivity index (χ1) is 24.3. The monoisotopic (exact) mass is 707 g/mol. The second-order valence-corrected chi connectivity index (χ2v) is 14.0. The molecule has 15 nitrogen and oxygen atoms in total. The Labute approximate surface area is 300 Å². The molecular formula is C36H53N9O6. The zero-order valence-corrected chi connectivity index (χ0v) is 30.6. The normalized spacial score (nSPS) is 23.1. The van der Waals surface area contributed by atoms with Gasteiger partial charge in [0, 0.05) is 57.6 Å². The van der Waals surface area contributed by atoms with Gasteiger partial charge in [-0.25, -0.2) is 9.97 Å². The van der Waals surface area contributed by atoms with Crippen LogP contribution in [0.25, 0.3) is 0 Å². The zero-order chi connectivity index (χ0) is 37.1. The molecule has 4 N–H and O–H groups in total. The Morgan fingerprint density at radius 1 is 0.863 bits per heavy atom. The van der Waals surface area contributed by atoms with Gasteiger partial charge in [-0.05, 0) is 48.9 Å². The summed E-state index contributed by atoms with van der Waals surface area (Å²) in [4.78, 5) is 82.6. The molecule has 2 saturated heterocycles. The van der Waals surface area contributed by atoms with Gasteiger partial charge in [-0.3, -0.25) is 28.9 Å². The number of methoxy groups -OCH3 is 1. The third kappa shape index (κ3) is 11.6. The van der Waals surface area contributed by atoms with Gasteiger partial charge in [0.15, 0.2) is 0 Å². The third-order valence-corrected chi connectivity index (χ3v) is 9.15. The summed E-state index contributed by atoms with van der Waals surface area (Å²) in [5, 5.41) is 11.4. The van der Waals surface area contributed by atoms with E-state index in [2.05, 4.69) is 36.1 Å². The van der Waals surface area contributed by atoms with E-state index in [1.54, 1.807) is 56.8 Å². The summed E-state index contributed by atoms with van der Waals surface area (Å²) in [6, 6.07) is 5.42. The molecule has 2 aliphatic rings. The standard InChI is InChI=1S/C36H53N9O6/c1-23(2)18-28-35(50)41-29(19-26-8-10-27(51-6)11-9-26)34(49)39-25(5)33(48)42-30(24(3)4)20-45(21-31(46)40-28)32(47)22-43-14-16-44(17-15-43)36-37-12-7-13-38-36/h7-13,23-25,28-30H,14-22H2,1-6H3,(H,39,49)(H,40,46)(H,41,50)(H,42,48)/t25-,28+,29+,30-/m1/s1. The van der Waals surface area contributed by atoms with Gasteiger partial charge >= 0.3 is 0 Å². The van der Waals surface area contributed by atoms with Crippen molar-refractivity contribution in [2.45, 2.75) is 71.6 Å². The Morgan fingerprint density at radius 3 is 2.12 bits per heavy atom. The number of carbonyl (C=O) groups excluding carboxylic acids is 5. The van der Waals surface area contributed by atoms with Gasteiger partial charge in [-0.2, -0.15) is 0 Å². The molecule has 2 aromatic rings. The van der Waals surface area contributed by atoms with Crippen LogP contribution in [-0.4, -0.2) is 126 Å². The van der Waals surface area contributed by atoms with Crippen LogP contribution in [0.1, 0.15) is 46.6 Å². The van der Waals surface area contributed by atoms with Gasteiger partial charge < -0.3 is 35.8 Å². The average molecular weight is 708 g/mol. The number of benzene rings is 1. The van der Waals surface area contributed by atoms with Crippen molar-refractivity contribution in [3.05, 3.63) is 48.3 Å². The van der Waals surface area contributed by atoms with Crippen molar-refractivity contribution in [3.8, 4) is 5.75 Å². The number of nitrogens with zero attached hydrogens (tertiary/aromatic N) is 5. The summed E-state index contributed by atoms with van der Waals surface area (Å²) in [6.45, 7) is 11.6. The summed E-state index contributed by atoms with van der Waals surface area (Å²) in [7, 11) is 1.56. The van der Waals surface area contributed by atoms with Crippen LogP contribution < -0.4 is 30.9 Å². The van der Waals surface area contributed by atoms with Crippen molar-refractivity contribution in [1.29, 1.82) is 0 Å². The molecule has 3 heterocycles. The number of hydrogen-bond donors (Lipinski definition) is 4. The van der Waals surface area contributed by atoms with Crippen LogP contribution in [0.2, 0.25) is 0 Å². The van der Waals surface area contributed by atoms with Crippen LogP contribution in [0.4, 0.5) is 5.95 Å². The molecule has 0 aliphatic carbocycles. The van der Waals surface area contributed by atoms with Crippen molar-refractivity contribution < 1.29 is 28.7 Å². The molecule has 1 aromatic carbocycles. The Morgan fingerprint density at radius 2 is 1.51 bits per heavy atom. The quantitative estimate of drug-likeness (QED) is 0.285. The molecule has 1 aromatic heterocycles. The van der Waals surface area contributed by atoms with Crippen LogP contribution in [0.5, 0.6) is 5.75 Å². The number of aromatic nitrogens is 2. The largest absolute Gasteiger partial charge is 0.497 e. The second-order valence-electron chi connectivity index (χ2n) is 14.0. The van der Waals surface area contributed by atoms with Crippen LogP contribution >= 0.6 is 0 Å². The molecule has 0 saturated carbocycles. The smallest absolute Gasteiger partial charge is 0.243 e. The summed E-state index contributed by atoms with van der Waals surface area (Å²) < 4.78 is 5.25. The minimum absolute atomic E-state index is 0.0295. The highest BCUT2D eigenvalue weighted by molar-refractivity contribution is 5.95. The summed E-state index contributed by atoms with van der Waals surface area (Å²) in [5.74, 6) is -1.10. The van der Waals surface area contributed by atoms with E-state index >= 15 is 0 Å². The summed E-state index contributed by atoms with van der Waals surface area (Å²) in [6.07, 6.45) is 3.84. The molecule has 2 aliphatic heterocycles.